The van der Waals surface area contributed by atoms with E-state index in [1.807, 2.05) is 18.2 Å². The molecule has 0 aliphatic heterocycles. The van der Waals surface area contributed by atoms with Crippen molar-refractivity contribution in [2.75, 3.05) is 0 Å². The van der Waals surface area contributed by atoms with E-state index >= 15 is 0 Å². The molecule has 1 aromatic carbocycles. The van der Waals surface area contributed by atoms with Crippen molar-refractivity contribution in [1.82, 2.24) is 9.97 Å². The second-order valence-corrected chi connectivity index (χ2v) is 3.47. The van der Waals surface area contributed by atoms with Gasteiger partial charge in [0.2, 0.25) is 5.82 Å². The van der Waals surface area contributed by atoms with Crippen LogP contribution in [-0.2, 0) is 0 Å². The van der Waals surface area contributed by atoms with Crippen molar-refractivity contribution in [3.05, 3.63) is 47.4 Å². The fourth-order valence-electron chi connectivity index (χ4n) is 1.27. The van der Waals surface area contributed by atoms with Crippen molar-refractivity contribution in [1.29, 1.82) is 0 Å². The summed E-state index contributed by atoms with van der Waals surface area (Å²) < 4.78 is 0. The van der Waals surface area contributed by atoms with Crippen molar-refractivity contribution >= 4 is 17.6 Å². The van der Waals surface area contributed by atoms with Crippen molar-refractivity contribution in [2.24, 2.45) is 0 Å². The molecule has 0 unspecified atom stereocenters. The Labute approximate surface area is 96.6 Å². The third kappa shape index (κ3) is 2.01. The minimum atomic E-state index is -1.17. The number of aromatic nitrogens is 2. The third-order valence-electron chi connectivity index (χ3n) is 1.98. The summed E-state index contributed by atoms with van der Waals surface area (Å²) in [5.74, 6) is -1.43. The van der Waals surface area contributed by atoms with E-state index in [-0.39, 0.29) is 5.82 Å². The summed E-state index contributed by atoms with van der Waals surface area (Å²) in [6.07, 6.45) is 1.29. The smallest absolute Gasteiger partial charge is 0.373 e. The lowest BCUT2D eigenvalue weighted by Crippen LogP contribution is -2.04. The van der Waals surface area contributed by atoms with Gasteiger partial charge in [-0.2, -0.15) is 0 Å². The highest BCUT2D eigenvalue weighted by Gasteiger charge is 2.11. The lowest BCUT2D eigenvalue weighted by Gasteiger charge is -2.03. The summed E-state index contributed by atoms with van der Waals surface area (Å²) >= 11 is 5.92. The maximum atomic E-state index is 10.7. The van der Waals surface area contributed by atoms with Crippen LogP contribution in [0.4, 0.5) is 0 Å². The van der Waals surface area contributed by atoms with Gasteiger partial charge in [-0.3, -0.25) is 0 Å². The number of aromatic carboxylic acids is 1. The number of halogens is 1. The summed E-state index contributed by atoms with van der Waals surface area (Å²) in [4.78, 5) is 18.2. The van der Waals surface area contributed by atoms with Crippen molar-refractivity contribution < 1.29 is 9.90 Å². The molecule has 4 nitrogen and oxygen atoms in total. The quantitative estimate of drug-likeness (QED) is 0.867. The molecule has 0 atom stereocenters. The minimum Gasteiger partial charge on any atom is -0.475 e. The van der Waals surface area contributed by atoms with Gasteiger partial charge < -0.3 is 5.11 Å². The molecule has 1 N–H and O–H groups in total. The Balaban J connectivity index is 2.56. The summed E-state index contributed by atoms with van der Waals surface area (Å²) in [5.41, 5.74) is 1.19. The average Bonchev–Trinajstić information content (AvgIpc) is 2.30. The topological polar surface area (TPSA) is 63.1 Å². The number of hydrogen-bond acceptors (Lipinski definition) is 3. The van der Waals surface area contributed by atoms with E-state index in [1.165, 1.54) is 6.20 Å². The predicted octanol–water partition coefficient (Wildman–Crippen LogP) is 2.50. The van der Waals surface area contributed by atoms with Crippen LogP contribution in [0, 0.1) is 0 Å². The molecule has 0 bridgehead atoms. The van der Waals surface area contributed by atoms with Crippen LogP contribution in [0.2, 0.25) is 5.02 Å². The van der Waals surface area contributed by atoms with E-state index < -0.39 is 5.97 Å². The molecule has 16 heavy (non-hydrogen) atoms. The third-order valence-corrected chi connectivity index (χ3v) is 2.26. The van der Waals surface area contributed by atoms with Crippen LogP contribution in [0.1, 0.15) is 10.6 Å². The molecule has 0 aliphatic carbocycles. The SMILES string of the molecule is O=C(O)c1ncc(Cl)c(-c2ccccc2)n1. The fraction of sp³-hybridized carbons (Fsp3) is 0. The minimum absolute atomic E-state index is 0.261. The van der Waals surface area contributed by atoms with Gasteiger partial charge in [-0.05, 0) is 0 Å². The number of hydrogen-bond donors (Lipinski definition) is 1. The Hall–Kier alpha value is -1.94. The Morgan fingerprint density at radius 1 is 1.25 bits per heavy atom. The molecule has 2 rings (SSSR count). The molecule has 1 aromatic heterocycles. The van der Waals surface area contributed by atoms with Crippen LogP contribution < -0.4 is 0 Å². The molecule has 0 saturated carbocycles. The zero-order valence-corrected chi connectivity index (χ0v) is 8.85. The van der Waals surface area contributed by atoms with Crippen molar-refractivity contribution in [2.45, 2.75) is 0 Å². The zero-order chi connectivity index (χ0) is 11.5. The Kier molecular flexibility index (Phi) is 2.83. The van der Waals surface area contributed by atoms with E-state index in [9.17, 15) is 4.79 Å². The first-order valence-electron chi connectivity index (χ1n) is 4.50. The second-order valence-electron chi connectivity index (χ2n) is 3.06. The molecule has 2 aromatic rings. The van der Waals surface area contributed by atoms with Gasteiger partial charge in [-0.1, -0.05) is 41.9 Å². The molecule has 0 saturated heterocycles. The monoisotopic (exact) mass is 234 g/mol. The number of carboxylic acid groups (broad SMARTS) is 1. The molecule has 80 valence electrons. The fourth-order valence-corrected chi connectivity index (χ4v) is 1.47. The predicted molar refractivity (Wildman–Crippen MR) is 59.4 cm³/mol. The molecule has 0 fully saturated rings. The Morgan fingerprint density at radius 3 is 2.56 bits per heavy atom. The maximum Gasteiger partial charge on any atom is 0.373 e. The first kappa shape index (κ1) is 10.6. The Morgan fingerprint density at radius 2 is 1.94 bits per heavy atom. The summed E-state index contributed by atoms with van der Waals surface area (Å²) in [7, 11) is 0. The normalized spacial score (nSPS) is 10.1. The van der Waals surface area contributed by atoms with Gasteiger partial charge in [0.25, 0.3) is 0 Å². The standard InChI is InChI=1S/C11H7ClN2O2/c12-8-6-13-10(11(15)16)14-9(8)7-4-2-1-3-5-7/h1-6H,(H,15,16). The maximum absolute atomic E-state index is 10.7. The molecule has 1 heterocycles. The highest BCUT2D eigenvalue weighted by molar-refractivity contribution is 6.32. The molecule has 0 amide bonds. The van der Waals surface area contributed by atoms with Crippen molar-refractivity contribution in [3.8, 4) is 11.3 Å². The average molecular weight is 235 g/mol. The lowest BCUT2D eigenvalue weighted by molar-refractivity contribution is 0.0683. The van der Waals surface area contributed by atoms with Gasteiger partial charge in [0, 0.05) is 5.56 Å². The van der Waals surface area contributed by atoms with E-state index in [0.29, 0.717) is 10.7 Å². The van der Waals surface area contributed by atoms with Crippen LogP contribution in [0.25, 0.3) is 11.3 Å². The lowest BCUT2D eigenvalue weighted by atomic mass is 10.1. The summed E-state index contributed by atoms with van der Waals surface area (Å²) in [6.45, 7) is 0. The highest BCUT2D eigenvalue weighted by Crippen LogP contribution is 2.24. The highest BCUT2D eigenvalue weighted by atomic mass is 35.5. The summed E-state index contributed by atoms with van der Waals surface area (Å²) in [5, 5.41) is 9.11. The van der Waals surface area contributed by atoms with Crippen LogP contribution in [0.5, 0.6) is 0 Å². The van der Waals surface area contributed by atoms with Crippen LogP contribution in [0.15, 0.2) is 36.5 Å². The van der Waals surface area contributed by atoms with E-state index in [1.54, 1.807) is 12.1 Å². The first-order chi connectivity index (χ1) is 7.68. The number of benzene rings is 1. The largest absolute Gasteiger partial charge is 0.475 e. The molecular weight excluding hydrogens is 228 g/mol. The molecule has 0 spiro atoms. The van der Waals surface area contributed by atoms with Gasteiger partial charge in [-0.25, -0.2) is 14.8 Å². The first-order valence-corrected chi connectivity index (χ1v) is 4.87. The number of carboxylic acids is 1. The second kappa shape index (κ2) is 4.28. The van der Waals surface area contributed by atoms with E-state index in [2.05, 4.69) is 9.97 Å². The number of carbonyl (C=O) groups is 1. The van der Waals surface area contributed by atoms with Gasteiger partial charge in [0.05, 0.1) is 16.9 Å². The molecule has 5 heteroatoms. The molecular formula is C11H7ClN2O2. The molecule has 0 radical (unpaired) electrons. The van der Waals surface area contributed by atoms with Gasteiger partial charge >= 0.3 is 5.97 Å². The van der Waals surface area contributed by atoms with Crippen molar-refractivity contribution in [3.63, 3.8) is 0 Å². The van der Waals surface area contributed by atoms with Gasteiger partial charge in [0.1, 0.15) is 0 Å². The number of nitrogens with zero attached hydrogens (tertiary/aromatic N) is 2. The zero-order valence-electron chi connectivity index (χ0n) is 8.09. The van der Waals surface area contributed by atoms with Crippen LogP contribution in [-0.4, -0.2) is 21.0 Å². The van der Waals surface area contributed by atoms with E-state index in [0.717, 1.165) is 5.56 Å². The number of rotatable bonds is 2. The van der Waals surface area contributed by atoms with Crippen LogP contribution >= 0.6 is 11.6 Å². The van der Waals surface area contributed by atoms with E-state index in [4.69, 9.17) is 16.7 Å². The molecule has 0 aliphatic rings. The van der Waals surface area contributed by atoms with Crippen LogP contribution in [0.3, 0.4) is 0 Å². The van der Waals surface area contributed by atoms with Gasteiger partial charge in [-0.15, -0.1) is 0 Å². The van der Waals surface area contributed by atoms with Gasteiger partial charge in [0.15, 0.2) is 0 Å². The summed E-state index contributed by atoms with van der Waals surface area (Å²) in [6, 6.07) is 9.12. The Bertz CT molecular complexity index is 529.